The van der Waals surface area contributed by atoms with Gasteiger partial charge in [0.25, 0.3) is 0 Å². The first kappa shape index (κ1) is 10.8. The van der Waals surface area contributed by atoms with Crippen LogP contribution in [0.5, 0.6) is 0 Å². The molecule has 0 aliphatic carbocycles. The lowest BCUT2D eigenvalue weighted by Gasteiger charge is -2.15. The van der Waals surface area contributed by atoms with Crippen molar-refractivity contribution in [2.75, 3.05) is 0 Å². The average molecular weight is 179 g/mol. The number of aliphatic carboxylic acids is 1. The summed E-state index contributed by atoms with van der Waals surface area (Å²) in [7, 11) is 0. The van der Waals surface area contributed by atoms with Crippen molar-refractivity contribution in [3.05, 3.63) is 0 Å². The molecule has 0 amide bonds. The number of halogens is 1. The molecule has 0 saturated carbocycles. The first-order chi connectivity index (χ1) is 5.13. The first-order valence-electron chi connectivity index (χ1n) is 4.00. The van der Waals surface area contributed by atoms with Crippen molar-refractivity contribution in [3.8, 4) is 0 Å². The van der Waals surface area contributed by atoms with Crippen LogP contribution in [0.15, 0.2) is 0 Å². The Morgan fingerprint density at radius 2 is 2.09 bits per heavy atom. The molecule has 0 aliphatic heterocycles. The van der Waals surface area contributed by atoms with E-state index in [1.165, 1.54) is 0 Å². The number of alkyl halides is 1. The second-order valence-electron chi connectivity index (χ2n) is 2.70. The third-order valence-corrected chi connectivity index (χ3v) is 2.38. The lowest BCUT2D eigenvalue weighted by molar-refractivity contribution is -0.137. The summed E-state index contributed by atoms with van der Waals surface area (Å²) in [5.74, 6) is -0.772. The Hall–Kier alpha value is -0.240. The van der Waals surface area contributed by atoms with Gasteiger partial charge in [0.05, 0.1) is 0 Å². The molecular weight excluding hydrogens is 164 g/mol. The van der Waals surface area contributed by atoms with Crippen LogP contribution in [0.4, 0.5) is 0 Å². The number of hydrogen-bond donors (Lipinski definition) is 1. The summed E-state index contributed by atoms with van der Waals surface area (Å²) in [6.07, 6.45) is 2.74. The number of carboxylic acids is 1. The topological polar surface area (TPSA) is 37.3 Å². The van der Waals surface area contributed by atoms with E-state index in [1.807, 2.05) is 13.8 Å². The molecule has 0 heterocycles. The minimum atomic E-state index is -0.896. The van der Waals surface area contributed by atoms with Crippen molar-refractivity contribution in [2.24, 2.45) is 5.92 Å². The monoisotopic (exact) mass is 178 g/mol. The number of carbonyl (C=O) groups is 1. The van der Waals surface area contributed by atoms with Gasteiger partial charge in [0, 0.05) is 0 Å². The average Bonchev–Trinajstić information content (AvgIpc) is 1.98. The molecule has 11 heavy (non-hydrogen) atoms. The normalized spacial score (nSPS) is 15.9. The Kier molecular flexibility index (Phi) is 5.30. The van der Waals surface area contributed by atoms with Gasteiger partial charge in [-0.15, -0.1) is 11.6 Å². The minimum Gasteiger partial charge on any atom is -0.480 e. The van der Waals surface area contributed by atoms with E-state index in [2.05, 4.69) is 0 Å². The van der Waals surface area contributed by atoms with Crippen LogP contribution in [-0.4, -0.2) is 16.5 Å². The minimum absolute atomic E-state index is 0.124. The van der Waals surface area contributed by atoms with Gasteiger partial charge in [-0.05, 0) is 12.3 Å². The Labute approximate surface area is 72.6 Å². The summed E-state index contributed by atoms with van der Waals surface area (Å²) in [6, 6.07) is 0. The quantitative estimate of drug-likeness (QED) is 0.657. The van der Waals surface area contributed by atoms with E-state index in [1.54, 1.807) is 0 Å². The van der Waals surface area contributed by atoms with Gasteiger partial charge in [0.1, 0.15) is 5.38 Å². The highest BCUT2D eigenvalue weighted by Crippen LogP contribution is 2.20. The maximum absolute atomic E-state index is 10.4. The smallest absolute Gasteiger partial charge is 0.321 e. The summed E-state index contributed by atoms with van der Waals surface area (Å²) < 4.78 is 0. The molecule has 0 aliphatic rings. The number of hydrogen-bond acceptors (Lipinski definition) is 1. The van der Waals surface area contributed by atoms with Crippen molar-refractivity contribution in [3.63, 3.8) is 0 Å². The van der Waals surface area contributed by atoms with Crippen LogP contribution in [0.2, 0.25) is 0 Å². The molecule has 0 fully saturated rings. The molecule has 2 atom stereocenters. The molecule has 0 radical (unpaired) electrons. The van der Waals surface area contributed by atoms with Crippen molar-refractivity contribution >= 4 is 17.6 Å². The van der Waals surface area contributed by atoms with Gasteiger partial charge in [-0.2, -0.15) is 0 Å². The molecule has 0 rings (SSSR count). The van der Waals surface area contributed by atoms with Crippen molar-refractivity contribution in [2.45, 2.75) is 38.5 Å². The van der Waals surface area contributed by atoms with E-state index in [9.17, 15) is 4.79 Å². The summed E-state index contributed by atoms with van der Waals surface area (Å²) in [5, 5.41) is 7.87. The van der Waals surface area contributed by atoms with Crippen LogP contribution in [0.25, 0.3) is 0 Å². The fourth-order valence-corrected chi connectivity index (χ4v) is 1.43. The molecule has 0 aromatic heterocycles. The summed E-state index contributed by atoms with van der Waals surface area (Å²) >= 11 is 5.66. The van der Waals surface area contributed by atoms with Gasteiger partial charge in [-0.25, -0.2) is 0 Å². The van der Waals surface area contributed by atoms with Crippen molar-refractivity contribution < 1.29 is 9.90 Å². The highest BCUT2D eigenvalue weighted by Gasteiger charge is 2.22. The van der Waals surface area contributed by atoms with Gasteiger partial charge < -0.3 is 5.11 Å². The lowest BCUT2D eigenvalue weighted by Crippen LogP contribution is -2.23. The van der Waals surface area contributed by atoms with Crippen LogP contribution >= 0.6 is 11.6 Å². The first-order valence-corrected chi connectivity index (χ1v) is 4.44. The number of rotatable bonds is 5. The van der Waals surface area contributed by atoms with E-state index in [0.717, 1.165) is 19.3 Å². The highest BCUT2D eigenvalue weighted by molar-refractivity contribution is 6.29. The predicted octanol–water partition coefficient (Wildman–Crippen LogP) is 2.50. The van der Waals surface area contributed by atoms with Crippen LogP contribution in [0, 0.1) is 5.92 Å². The Morgan fingerprint density at radius 3 is 2.36 bits per heavy atom. The van der Waals surface area contributed by atoms with Crippen LogP contribution in [0.1, 0.15) is 33.1 Å². The lowest BCUT2D eigenvalue weighted by atomic mass is 9.97. The highest BCUT2D eigenvalue weighted by atomic mass is 35.5. The molecule has 0 aromatic carbocycles. The second kappa shape index (κ2) is 5.42. The third kappa shape index (κ3) is 3.61. The molecule has 66 valence electrons. The molecule has 0 bridgehead atoms. The molecule has 1 N–H and O–H groups in total. The fourth-order valence-electron chi connectivity index (χ4n) is 1.13. The molecule has 2 nitrogen and oxygen atoms in total. The van der Waals surface area contributed by atoms with Crippen LogP contribution < -0.4 is 0 Å². The molecule has 0 spiro atoms. The number of carboxylic acid groups (broad SMARTS) is 1. The second-order valence-corrected chi connectivity index (χ2v) is 3.17. The molecule has 3 heteroatoms. The van der Waals surface area contributed by atoms with Crippen molar-refractivity contribution in [1.82, 2.24) is 0 Å². The Bertz CT molecular complexity index is 125. The standard InChI is InChI=1S/C8H15ClO2/c1-3-5-6(4-2)7(9)8(10)11/h6-7H,3-5H2,1-2H3,(H,10,11)/t6-,7-/m1/s1. The van der Waals surface area contributed by atoms with Gasteiger partial charge in [0.2, 0.25) is 0 Å². The van der Waals surface area contributed by atoms with Gasteiger partial charge in [-0.3, -0.25) is 4.79 Å². The Balaban J connectivity index is 3.91. The predicted molar refractivity (Wildman–Crippen MR) is 46.0 cm³/mol. The van der Waals surface area contributed by atoms with Gasteiger partial charge in [-0.1, -0.05) is 26.7 Å². The fraction of sp³-hybridized carbons (Fsp3) is 0.875. The zero-order chi connectivity index (χ0) is 8.85. The SMILES string of the molecule is CCC[C@@H](CC)[C@@H](Cl)C(=O)O. The maximum atomic E-state index is 10.4. The molecule has 0 unspecified atom stereocenters. The van der Waals surface area contributed by atoms with Gasteiger partial charge >= 0.3 is 5.97 Å². The molecule has 0 aromatic rings. The van der Waals surface area contributed by atoms with E-state index in [4.69, 9.17) is 16.7 Å². The maximum Gasteiger partial charge on any atom is 0.321 e. The van der Waals surface area contributed by atoms with E-state index < -0.39 is 11.3 Å². The Morgan fingerprint density at radius 1 is 1.55 bits per heavy atom. The summed E-state index contributed by atoms with van der Waals surface area (Å²) in [4.78, 5) is 10.4. The zero-order valence-electron chi connectivity index (χ0n) is 7.01. The van der Waals surface area contributed by atoms with Crippen LogP contribution in [0.3, 0.4) is 0 Å². The van der Waals surface area contributed by atoms with Crippen LogP contribution in [-0.2, 0) is 4.79 Å². The molecular formula is C8H15ClO2. The summed E-state index contributed by atoms with van der Waals surface area (Å²) in [5.41, 5.74) is 0. The largest absolute Gasteiger partial charge is 0.480 e. The van der Waals surface area contributed by atoms with Gasteiger partial charge in [0.15, 0.2) is 0 Å². The van der Waals surface area contributed by atoms with E-state index in [0.29, 0.717) is 0 Å². The van der Waals surface area contributed by atoms with E-state index >= 15 is 0 Å². The molecule has 0 saturated heterocycles. The zero-order valence-corrected chi connectivity index (χ0v) is 7.77. The summed E-state index contributed by atoms with van der Waals surface area (Å²) in [6.45, 7) is 4.01. The van der Waals surface area contributed by atoms with E-state index in [-0.39, 0.29) is 5.92 Å². The third-order valence-electron chi connectivity index (χ3n) is 1.83. The van der Waals surface area contributed by atoms with Crippen molar-refractivity contribution in [1.29, 1.82) is 0 Å².